The molecule has 110 valence electrons. The molecule has 0 aliphatic heterocycles. The van der Waals surface area contributed by atoms with Crippen LogP contribution in [0.3, 0.4) is 0 Å². The Morgan fingerprint density at radius 3 is 3.00 bits per heavy atom. The third-order valence-corrected chi connectivity index (χ3v) is 4.36. The molecule has 1 unspecified atom stereocenters. The van der Waals surface area contributed by atoms with Gasteiger partial charge in [-0.2, -0.15) is 4.98 Å². The number of halogens is 1. The molecule has 0 saturated carbocycles. The molecule has 2 N–H and O–H groups in total. The fraction of sp³-hybridized carbons (Fsp3) is 0.267. The number of hydrogen-bond donors (Lipinski definition) is 1. The Bertz CT molecular complexity index is 778. The van der Waals surface area contributed by atoms with E-state index in [1.807, 2.05) is 48.0 Å². The van der Waals surface area contributed by atoms with E-state index in [1.54, 1.807) is 11.3 Å². The van der Waals surface area contributed by atoms with Crippen LogP contribution in [-0.2, 0) is 6.42 Å². The lowest BCUT2D eigenvalue weighted by Gasteiger charge is -2.09. The standard InChI is InChI=1S/C15H16ClN3OS/c1-9-7-11(3-4-12(9)16)20-14-13(8-10(2)17)19-5-6-21-15(19)18-14/h3-7,10H,8,17H2,1-2H3. The van der Waals surface area contributed by atoms with Crippen molar-refractivity contribution in [2.75, 3.05) is 0 Å². The molecule has 0 bridgehead atoms. The average Bonchev–Trinajstić information content (AvgIpc) is 2.97. The Labute approximate surface area is 132 Å². The number of aryl methyl sites for hydroxylation is 1. The van der Waals surface area contributed by atoms with Crippen LogP contribution >= 0.6 is 22.9 Å². The molecule has 0 fully saturated rings. The number of ether oxygens (including phenoxy) is 1. The van der Waals surface area contributed by atoms with E-state index in [2.05, 4.69) is 4.98 Å². The van der Waals surface area contributed by atoms with Crippen LogP contribution in [0, 0.1) is 6.92 Å². The minimum Gasteiger partial charge on any atom is -0.437 e. The number of nitrogens with two attached hydrogens (primary N) is 1. The van der Waals surface area contributed by atoms with Crippen molar-refractivity contribution in [3.63, 3.8) is 0 Å². The van der Waals surface area contributed by atoms with Gasteiger partial charge in [0, 0.05) is 29.1 Å². The zero-order chi connectivity index (χ0) is 15.0. The van der Waals surface area contributed by atoms with E-state index in [1.165, 1.54) is 0 Å². The number of fused-ring (bicyclic) bond motifs is 1. The first-order valence-corrected chi connectivity index (χ1v) is 7.94. The molecule has 0 aliphatic carbocycles. The maximum atomic E-state index is 6.04. The summed E-state index contributed by atoms with van der Waals surface area (Å²) >= 11 is 7.62. The minimum atomic E-state index is 0.0408. The van der Waals surface area contributed by atoms with Gasteiger partial charge in [-0.25, -0.2) is 0 Å². The molecule has 6 heteroatoms. The topological polar surface area (TPSA) is 52.5 Å². The van der Waals surface area contributed by atoms with E-state index in [9.17, 15) is 0 Å². The molecule has 21 heavy (non-hydrogen) atoms. The molecule has 4 nitrogen and oxygen atoms in total. The van der Waals surface area contributed by atoms with Crippen molar-refractivity contribution in [2.45, 2.75) is 26.3 Å². The van der Waals surface area contributed by atoms with Gasteiger partial charge in [-0.15, -0.1) is 11.3 Å². The second-order valence-electron chi connectivity index (χ2n) is 5.11. The SMILES string of the molecule is Cc1cc(Oc2nc3sccn3c2CC(C)N)ccc1Cl. The van der Waals surface area contributed by atoms with Crippen molar-refractivity contribution in [3.8, 4) is 11.6 Å². The van der Waals surface area contributed by atoms with Crippen LogP contribution in [0.1, 0.15) is 18.2 Å². The van der Waals surface area contributed by atoms with Gasteiger partial charge in [-0.05, 0) is 37.6 Å². The van der Waals surface area contributed by atoms with Gasteiger partial charge in [-0.3, -0.25) is 4.40 Å². The molecule has 2 heterocycles. The van der Waals surface area contributed by atoms with E-state index < -0.39 is 0 Å². The molecule has 2 aromatic heterocycles. The predicted molar refractivity (Wildman–Crippen MR) is 86.7 cm³/mol. The summed E-state index contributed by atoms with van der Waals surface area (Å²) < 4.78 is 7.98. The quantitative estimate of drug-likeness (QED) is 0.789. The number of aromatic nitrogens is 2. The summed E-state index contributed by atoms with van der Waals surface area (Å²) in [4.78, 5) is 5.45. The normalized spacial score (nSPS) is 12.8. The van der Waals surface area contributed by atoms with Crippen LogP contribution in [0.15, 0.2) is 29.8 Å². The highest BCUT2D eigenvalue weighted by atomic mass is 35.5. The summed E-state index contributed by atoms with van der Waals surface area (Å²) in [6, 6.07) is 5.62. The van der Waals surface area contributed by atoms with Crippen molar-refractivity contribution in [1.82, 2.24) is 9.38 Å². The number of imidazole rings is 1. The monoisotopic (exact) mass is 321 g/mol. The van der Waals surface area contributed by atoms with E-state index in [0.717, 1.165) is 27.0 Å². The smallest absolute Gasteiger partial charge is 0.242 e. The van der Waals surface area contributed by atoms with Crippen LogP contribution in [-0.4, -0.2) is 15.4 Å². The van der Waals surface area contributed by atoms with Crippen LogP contribution in [0.5, 0.6) is 11.6 Å². The minimum absolute atomic E-state index is 0.0408. The number of hydrogen-bond acceptors (Lipinski definition) is 4. The van der Waals surface area contributed by atoms with Crippen molar-refractivity contribution in [3.05, 3.63) is 46.1 Å². The molecular weight excluding hydrogens is 306 g/mol. The summed E-state index contributed by atoms with van der Waals surface area (Å²) in [5.74, 6) is 1.34. The number of thiazole rings is 1. The van der Waals surface area contributed by atoms with Crippen molar-refractivity contribution in [1.29, 1.82) is 0 Å². The van der Waals surface area contributed by atoms with Crippen LogP contribution < -0.4 is 10.5 Å². The van der Waals surface area contributed by atoms with Gasteiger partial charge in [-0.1, -0.05) is 11.6 Å². The first kappa shape index (κ1) is 14.4. The average molecular weight is 322 g/mol. The molecule has 0 saturated heterocycles. The van der Waals surface area contributed by atoms with Gasteiger partial charge in [0.2, 0.25) is 5.88 Å². The summed E-state index contributed by atoms with van der Waals surface area (Å²) in [6.07, 6.45) is 2.70. The van der Waals surface area contributed by atoms with E-state index in [-0.39, 0.29) is 6.04 Å². The van der Waals surface area contributed by atoms with Crippen molar-refractivity contribution in [2.24, 2.45) is 5.73 Å². The second-order valence-corrected chi connectivity index (χ2v) is 6.39. The molecule has 0 amide bonds. The van der Waals surface area contributed by atoms with Gasteiger partial charge in [0.05, 0.1) is 5.69 Å². The largest absolute Gasteiger partial charge is 0.437 e. The Morgan fingerprint density at radius 2 is 2.29 bits per heavy atom. The molecule has 3 rings (SSSR count). The lowest BCUT2D eigenvalue weighted by Crippen LogP contribution is -2.19. The van der Waals surface area contributed by atoms with E-state index >= 15 is 0 Å². The lowest BCUT2D eigenvalue weighted by atomic mass is 10.2. The zero-order valence-corrected chi connectivity index (χ0v) is 13.4. The van der Waals surface area contributed by atoms with Crippen LogP contribution in [0.2, 0.25) is 5.02 Å². The predicted octanol–water partition coefficient (Wildman–Crippen LogP) is 4.04. The first-order chi connectivity index (χ1) is 10.0. The van der Waals surface area contributed by atoms with Crippen molar-refractivity contribution >= 4 is 27.9 Å². The highest BCUT2D eigenvalue weighted by molar-refractivity contribution is 7.15. The molecule has 1 aromatic carbocycles. The summed E-state index contributed by atoms with van der Waals surface area (Å²) in [6.45, 7) is 3.92. The second kappa shape index (κ2) is 5.67. The highest BCUT2D eigenvalue weighted by Crippen LogP contribution is 2.30. The summed E-state index contributed by atoms with van der Waals surface area (Å²) in [5.41, 5.74) is 7.91. The fourth-order valence-electron chi connectivity index (χ4n) is 2.18. The van der Waals surface area contributed by atoms with Gasteiger partial charge in [0.1, 0.15) is 5.75 Å². The Balaban J connectivity index is 1.98. The maximum Gasteiger partial charge on any atom is 0.242 e. The molecule has 0 radical (unpaired) electrons. The number of benzene rings is 1. The Morgan fingerprint density at radius 1 is 1.48 bits per heavy atom. The van der Waals surface area contributed by atoms with E-state index in [4.69, 9.17) is 22.1 Å². The van der Waals surface area contributed by atoms with Gasteiger partial charge >= 0.3 is 0 Å². The van der Waals surface area contributed by atoms with Gasteiger partial charge < -0.3 is 10.5 Å². The molecule has 0 aliphatic rings. The summed E-state index contributed by atoms with van der Waals surface area (Å²) in [7, 11) is 0. The lowest BCUT2D eigenvalue weighted by molar-refractivity contribution is 0.456. The maximum absolute atomic E-state index is 6.04. The van der Waals surface area contributed by atoms with E-state index in [0.29, 0.717) is 12.3 Å². The molecule has 1 atom stereocenters. The number of rotatable bonds is 4. The Hall–Kier alpha value is -1.56. The van der Waals surface area contributed by atoms with Crippen LogP contribution in [0.4, 0.5) is 0 Å². The Kier molecular flexibility index (Phi) is 3.89. The molecule has 3 aromatic rings. The van der Waals surface area contributed by atoms with Crippen LogP contribution in [0.25, 0.3) is 4.96 Å². The third kappa shape index (κ3) is 2.90. The third-order valence-electron chi connectivity index (χ3n) is 3.18. The number of nitrogens with zero attached hydrogens (tertiary/aromatic N) is 2. The van der Waals surface area contributed by atoms with Crippen molar-refractivity contribution < 1.29 is 4.74 Å². The molecule has 0 spiro atoms. The highest BCUT2D eigenvalue weighted by Gasteiger charge is 2.16. The molecular formula is C15H16ClN3OS. The summed E-state index contributed by atoms with van der Waals surface area (Å²) in [5, 5.41) is 2.73. The zero-order valence-electron chi connectivity index (χ0n) is 11.8. The first-order valence-electron chi connectivity index (χ1n) is 6.68. The van der Waals surface area contributed by atoms with Gasteiger partial charge in [0.25, 0.3) is 0 Å². The fourth-order valence-corrected chi connectivity index (χ4v) is 3.02. The van der Waals surface area contributed by atoms with Gasteiger partial charge in [0.15, 0.2) is 4.96 Å².